The summed E-state index contributed by atoms with van der Waals surface area (Å²) in [5, 5.41) is 11.2. The molecule has 1 heterocycles. The minimum absolute atomic E-state index is 0.371. The minimum Gasteiger partial charge on any atom is -0.287 e. The van der Waals surface area contributed by atoms with E-state index in [1.54, 1.807) is 25.4 Å². The van der Waals surface area contributed by atoms with Crippen molar-refractivity contribution in [1.29, 1.82) is 5.41 Å². The Morgan fingerprint density at radius 1 is 1.82 bits per heavy atom. The Hall–Kier alpha value is -1.45. The van der Waals surface area contributed by atoms with E-state index in [1.165, 1.54) is 4.68 Å². The van der Waals surface area contributed by atoms with Crippen LogP contribution in [0, 0.1) is 5.41 Å². The van der Waals surface area contributed by atoms with Crippen molar-refractivity contribution in [2.45, 2.75) is 13.8 Å². The lowest BCUT2D eigenvalue weighted by atomic mass is 10.6. The number of nitrogens with zero attached hydrogens (tertiary/aromatic N) is 3. The molecular formula is C7H10N4. The Labute approximate surface area is 65.1 Å². The summed E-state index contributed by atoms with van der Waals surface area (Å²) in [4.78, 5) is 4.02. The van der Waals surface area contributed by atoms with E-state index < -0.39 is 0 Å². The molecule has 0 saturated carbocycles. The highest BCUT2D eigenvalue weighted by atomic mass is 15.3. The first-order chi connectivity index (χ1) is 5.25. The van der Waals surface area contributed by atoms with E-state index in [0.29, 0.717) is 11.7 Å². The molecule has 1 N–H and O–H groups in total. The molecule has 4 heteroatoms. The Kier molecular flexibility index (Phi) is 2.15. The molecule has 0 unspecified atom stereocenters. The Bertz CT molecular complexity index is 284. The molecule has 0 fully saturated rings. The topological polar surface area (TPSA) is 54.0 Å². The summed E-state index contributed by atoms with van der Waals surface area (Å²) < 4.78 is 1.47. The van der Waals surface area contributed by atoms with E-state index in [4.69, 9.17) is 5.41 Å². The van der Waals surface area contributed by atoms with Crippen molar-refractivity contribution in [3.63, 3.8) is 0 Å². The van der Waals surface area contributed by atoms with Gasteiger partial charge in [-0.3, -0.25) is 5.41 Å². The molecule has 0 atom stereocenters. The maximum atomic E-state index is 7.30. The highest BCUT2D eigenvalue weighted by Gasteiger charge is 1.99. The van der Waals surface area contributed by atoms with Gasteiger partial charge < -0.3 is 0 Å². The number of rotatable bonds is 1. The summed E-state index contributed by atoms with van der Waals surface area (Å²) in [5.41, 5.74) is 0. The fraction of sp³-hybridized carbons (Fsp3) is 0.286. The summed E-state index contributed by atoms with van der Waals surface area (Å²) >= 11 is 0. The minimum atomic E-state index is 0.371. The van der Waals surface area contributed by atoms with Gasteiger partial charge in [0, 0.05) is 12.3 Å². The fourth-order valence-corrected chi connectivity index (χ4v) is 0.785. The summed E-state index contributed by atoms with van der Waals surface area (Å²) in [6, 6.07) is 1.76. The van der Waals surface area contributed by atoms with Crippen molar-refractivity contribution >= 4 is 17.9 Å². The normalized spacial score (nSPS) is 10.7. The van der Waals surface area contributed by atoms with Gasteiger partial charge in [0.15, 0.2) is 5.82 Å². The number of hydrogen-bond acceptors (Lipinski definition) is 3. The van der Waals surface area contributed by atoms with Gasteiger partial charge in [0.2, 0.25) is 0 Å². The second kappa shape index (κ2) is 3.09. The molecule has 0 aliphatic heterocycles. The zero-order valence-corrected chi connectivity index (χ0v) is 6.57. The van der Waals surface area contributed by atoms with Crippen molar-refractivity contribution in [2.75, 3.05) is 0 Å². The molecule has 11 heavy (non-hydrogen) atoms. The van der Waals surface area contributed by atoms with Gasteiger partial charge in [-0.25, -0.2) is 9.67 Å². The monoisotopic (exact) mass is 150 g/mol. The smallest absolute Gasteiger partial charge is 0.156 e. The lowest BCUT2D eigenvalue weighted by Crippen LogP contribution is -2.06. The lowest BCUT2D eigenvalue weighted by Gasteiger charge is -1.97. The van der Waals surface area contributed by atoms with Gasteiger partial charge in [-0.05, 0) is 13.8 Å². The zero-order valence-electron chi connectivity index (χ0n) is 6.57. The summed E-state index contributed by atoms with van der Waals surface area (Å²) in [5.74, 6) is 1.07. The molecular weight excluding hydrogens is 140 g/mol. The third kappa shape index (κ3) is 1.52. The van der Waals surface area contributed by atoms with Crippen molar-refractivity contribution in [3.8, 4) is 0 Å². The van der Waals surface area contributed by atoms with Crippen LogP contribution < -0.4 is 0 Å². The van der Waals surface area contributed by atoms with Crippen molar-refractivity contribution in [1.82, 2.24) is 9.78 Å². The van der Waals surface area contributed by atoms with E-state index in [-0.39, 0.29) is 0 Å². The largest absolute Gasteiger partial charge is 0.287 e. The number of hydrogen-bond donors (Lipinski definition) is 1. The van der Waals surface area contributed by atoms with Gasteiger partial charge in [-0.2, -0.15) is 5.10 Å². The molecule has 1 aromatic rings. The molecule has 0 aliphatic carbocycles. The number of nitrogens with one attached hydrogen (secondary N) is 1. The van der Waals surface area contributed by atoms with Crippen LogP contribution in [0.2, 0.25) is 0 Å². The van der Waals surface area contributed by atoms with E-state index in [0.717, 1.165) is 0 Å². The maximum Gasteiger partial charge on any atom is 0.156 e. The average molecular weight is 150 g/mol. The van der Waals surface area contributed by atoms with Gasteiger partial charge in [0.05, 0.1) is 6.20 Å². The predicted octanol–water partition coefficient (Wildman–Crippen LogP) is 1.45. The molecule has 58 valence electrons. The summed E-state index contributed by atoms with van der Waals surface area (Å²) in [7, 11) is 0. The SMILES string of the molecule is CC=Nc1ccnn1C(C)=N. The maximum absolute atomic E-state index is 7.30. The predicted molar refractivity (Wildman–Crippen MR) is 44.9 cm³/mol. The fourth-order valence-electron chi connectivity index (χ4n) is 0.785. The van der Waals surface area contributed by atoms with Gasteiger partial charge in [-0.1, -0.05) is 0 Å². The first-order valence-corrected chi connectivity index (χ1v) is 3.34. The number of aliphatic imine (C=N–C) groups is 1. The van der Waals surface area contributed by atoms with Gasteiger partial charge in [-0.15, -0.1) is 0 Å². The van der Waals surface area contributed by atoms with E-state index in [1.807, 2.05) is 6.92 Å². The van der Waals surface area contributed by atoms with Gasteiger partial charge in [0.25, 0.3) is 0 Å². The summed E-state index contributed by atoms with van der Waals surface area (Å²) in [6.45, 7) is 3.50. The standard InChI is InChI=1S/C7H10N4/c1-3-9-7-4-5-10-11(7)6(2)8/h3-5,8H,1-2H3. The molecule has 0 saturated heterocycles. The molecule has 4 nitrogen and oxygen atoms in total. The van der Waals surface area contributed by atoms with Crippen LogP contribution in [0.15, 0.2) is 17.3 Å². The quantitative estimate of drug-likeness (QED) is 0.478. The van der Waals surface area contributed by atoms with Crippen LogP contribution in [0.1, 0.15) is 13.8 Å². The first-order valence-electron chi connectivity index (χ1n) is 3.34. The van der Waals surface area contributed by atoms with Crippen LogP contribution in [-0.4, -0.2) is 21.8 Å². The second-order valence-corrected chi connectivity index (χ2v) is 2.07. The zero-order chi connectivity index (χ0) is 8.27. The average Bonchev–Trinajstić information content (AvgIpc) is 2.36. The lowest BCUT2D eigenvalue weighted by molar-refractivity contribution is 0.918. The Morgan fingerprint density at radius 2 is 2.55 bits per heavy atom. The second-order valence-electron chi connectivity index (χ2n) is 2.07. The molecule has 0 bridgehead atoms. The van der Waals surface area contributed by atoms with E-state index >= 15 is 0 Å². The summed E-state index contributed by atoms with van der Waals surface area (Å²) in [6.07, 6.45) is 3.30. The third-order valence-corrected chi connectivity index (χ3v) is 1.20. The van der Waals surface area contributed by atoms with Crippen molar-refractivity contribution < 1.29 is 0 Å². The van der Waals surface area contributed by atoms with Crippen LogP contribution in [0.3, 0.4) is 0 Å². The first kappa shape index (κ1) is 7.65. The molecule has 1 aromatic heterocycles. The highest BCUT2D eigenvalue weighted by Crippen LogP contribution is 2.08. The Morgan fingerprint density at radius 3 is 3.09 bits per heavy atom. The van der Waals surface area contributed by atoms with E-state index in [9.17, 15) is 0 Å². The molecule has 0 radical (unpaired) electrons. The highest BCUT2D eigenvalue weighted by molar-refractivity contribution is 5.81. The molecule has 0 aliphatic rings. The van der Waals surface area contributed by atoms with Crippen LogP contribution in [-0.2, 0) is 0 Å². The molecule has 1 rings (SSSR count). The Balaban J connectivity index is 3.05. The van der Waals surface area contributed by atoms with Crippen molar-refractivity contribution in [2.24, 2.45) is 4.99 Å². The van der Waals surface area contributed by atoms with Crippen molar-refractivity contribution in [3.05, 3.63) is 12.3 Å². The molecule has 0 aromatic carbocycles. The third-order valence-electron chi connectivity index (χ3n) is 1.20. The van der Waals surface area contributed by atoms with Crippen LogP contribution in [0.25, 0.3) is 0 Å². The molecule has 0 spiro atoms. The number of aromatic nitrogens is 2. The van der Waals surface area contributed by atoms with Crippen LogP contribution in [0.5, 0.6) is 0 Å². The molecule has 0 amide bonds. The van der Waals surface area contributed by atoms with Gasteiger partial charge in [0.1, 0.15) is 5.84 Å². The van der Waals surface area contributed by atoms with E-state index in [2.05, 4.69) is 10.1 Å². The van der Waals surface area contributed by atoms with Crippen LogP contribution in [0.4, 0.5) is 5.82 Å². The van der Waals surface area contributed by atoms with Crippen LogP contribution >= 0.6 is 0 Å². The van der Waals surface area contributed by atoms with Gasteiger partial charge >= 0.3 is 0 Å².